The molecule has 0 fully saturated rings. The number of hydrogen-bond acceptors (Lipinski definition) is 12. The van der Waals surface area contributed by atoms with Gasteiger partial charge in [0.1, 0.15) is 11.7 Å². The van der Waals surface area contributed by atoms with Crippen LogP contribution in [-0.2, 0) is 20.8 Å². The van der Waals surface area contributed by atoms with Crippen LogP contribution in [0.5, 0.6) is 0 Å². The van der Waals surface area contributed by atoms with E-state index in [0.29, 0.717) is 42.7 Å². The number of aliphatic carboxylic acids is 3. The monoisotopic (exact) mass is 1020 g/mol. The first-order valence-electron chi connectivity index (χ1n) is 24.7. The fourth-order valence-electron chi connectivity index (χ4n) is 5.02. The minimum atomic E-state index is -0.869. The maximum absolute atomic E-state index is 11.2. The predicted molar refractivity (Wildman–Crippen MR) is 307 cm³/mol. The Hall–Kier alpha value is -6.92. The molecule has 1 rings (SSSR count). The third kappa shape index (κ3) is 54.3. The quantitative estimate of drug-likeness (QED) is 0.0143. The van der Waals surface area contributed by atoms with Crippen molar-refractivity contribution >= 4 is 29.6 Å². The summed E-state index contributed by atoms with van der Waals surface area (Å²) >= 11 is 0. The van der Waals surface area contributed by atoms with Gasteiger partial charge < -0.3 is 37.9 Å². The van der Waals surface area contributed by atoms with Crippen LogP contribution in [0.1, 0.15) is 154 Å². The molecule has 0 amide bonds. The van der Waals surface area contributed by atoms with Crippen molar-refractivity contribution in [3.8, 4) is 0 Å². The second-order valence-electron chi connectivity index (χ2n) is 15.9. The molecule has 0 radical (unpaired) electrons. The van der Waals surface area contributed by atoms with E-state index in [1.165, 1.54) is 16.7 Å². The van der Waals surface area contributed by atoms with Gasteiger partial charge in [0.2, 0.25) is 0 Å². The van der Waals surface area contributed by atoms with Crippen LogP contribution < -0.4 is 34.2 Å². The Morgan fingerprint density at radius 2 is 1.15 bits per heavy atom. The maximum Gasteiger partial charge on any atom is 0.307 e. The van der Waals surface area contributed by atoms with Gasteiger partial charge in [-0.1, -0.05) is 199 Å². The molecular formula is C55H98N12O6. The van der Waals surface area contributed by atoms with Gasteiger partial charge in [0.25, 0.3) is 0 Å². The smallest absolute Gasteiger partial charge is 0.307 e. The number of rotatable bonds is 25. The zero-order valence-electron chi connectivity index (χ0n) is 46.8. The molecule has 14 N–H and O–H groups in total. The molecule has 0 spiro atoms. The van der Waals surface area contributed by atoms with Gasteiger partial charge in [-0.05, 0) is 80.1 Å². The van der Waals surface area contributed by atoms with Crippen molar-refractivity contribution in [2.45, 2.75) is 154 Å². The van der Waals surface area contributed by atoms with E-state index in [2.05, 4.69) is 101 Å². The van der Waals surface area contributed by atoms with Crippen LogP contribution >= 0.6 is 0 Å². The number of H-pyrrole nitrogens is 1. The molecule has 0 aliphatic heterocycles. The van der Waals surface area contributed by atoms with E-state index < -0.39 is 35.7 Å². The lowest BCUT2D eigenvalue weighted by atomic mass is 9.95. The van der Waals surface area contributed by atoms with E-state index in [-0.39, 0.29) is 19.3 Å². The first-order chi connectivity index (χ1) is 34.7. The number of tetrazole rings is 1. The highest BCUT2D eigenvalue weighted by Gasteiger charge is 2.22. The summed E-state index contributed by atoms with van der Waals surface area (Å²) in [4.78, 5) is 32.9. The van der Waals surface area contributed by atoms with Crippen LogP contribution in [0.2, 0.25) is 0 Å². The number of allylic oxidation sites excluding steroid dienone is 19. The fraction of sp³-hybridized carbons (Fsp3) is 0.491. The van der Waals surface area contributed by atoms with Crippen molar-refractivity contribution in [2.75, 3.05) is 0 Å². The number of nitrogens with one attached hydrogen (secondary N) is 3. The SMILES string of the molecule is C/C=C\C=C(\C)CC.C=C/C(C)=C\C=C/C.C=C/C(C)=C\C=C/C.C=C/C=C\C(=C/C)CC(Cc1nn[nH]n1)C(=O)O.CC.CC(C)CCC[C@H](C/C(=N/N)NN)C(=O)O.CCCC(C/C(=N/N)NN)C(=O)O. The molecule has 0 saturated carbocycles. The second-order valence-corrected chi connectivity index (χ2v) is 15.9. The zero-order valence-corrected chi connectivity index (χ0v) is 46.8. The Morgan fingerprint density at radius 1 is 0.699 bits per heavy atom. The highest BCUT2D eigenvalue weighted by Crippen LogP contribution is 2.18. The summed E-state index contributed by atoms with van der Waals surface area (Å²) in [5.41, 5.74) is 9.32. The molecule has 0 saturated heterocycles. The number of hydrogen-bond donors (Lipinski definition) is 10. The molecule has 1 heterocycles. The minimum absolute atomic E-state index is 0.246. The van der Waals surface area contributed by atoms with Crippen LogP contribution in [0.4, 0.5) is 0 Å². The number of hydrazine groups is 2. The van der Waals surface area contributed by atoms with Crippen LogP contribution in [0.3, 0.4) is 0 Å². The Kier molecular flexibility index (Phi) is 61.2. The summed E-state index contributed by atoms with van der Waals surface area (Å²) in [6.45, 7) is 37.2. The van der Waals surface area contributed by atoms with Crippen molar-refractivity contribution < 1.29 is 29.7 Å². The van der Waals surface area contributed by atoms with Gasteiger partial charge in [-0.15, -0.1) is 10.2 Å². The first-order valence-corrected chi connectivity index (χ1v) is 24.7. The van der Waals surface area contributed by atoms with Gasteiger partial charge in [0, 0.05) is 19.3 Å². The van der Waals surface area contributed by atoms with E-state index in [0.717, 1.165) is 31.3 Å². The summed E-state index contributed by atoms with van der Waals surface area (Å²) in [6.07, 6.45) is 35.4. The molecule has 414 valence electrons. The summed E-state index contributed by atoms with van der Waals surface area (Å²) in [5, 5.41) is 47.0. The molecule has 0 aromatic carbocycles. The maximum atomic E-state index is 11.2. The summed E-state index contributed by atoms with van der Waals surface area (Å²) < 4.78 is 0. The predicted octanol–water partition coefficient (Wildman–Crippen LogP) is 11.1. The molecule has 1 aromatic heterocycles. The molecule has 2 unspecified atom stereocenters. The van der Waals surface area contributed by atoms with E-state index in [1.54, 1.807) is 12.2 Å². The van der Waals surface area contributed by atoms with Crippen molar-refractivity contribution in [3.63, 3.8) is 0 Å². The molecule has 1 aromatic rings. The third-order valence-electron chi connectivity index (χ3n) is 9.54. The number of carbonyl (C=O) groups is 3. The lowest BCUT2D eigenvalue weighted by Gasteiger charge is -2.13. The topological polar surface area (TPSA) is 319 Å². The summed E-state index contributed by atoms with van der Waals surface area (Å²) in [5.74, 6) is 17.8. The normalized spacial score (nSPS) is 13.2. The Balaban J connectivity index is -0.000000189. The van der Waals surface area contributed by atoms with Crippen LogP contribution in [-0.4, -0.2) is 65.5 Å². The second kappa shape index (κ2) is 57.7. The number of amidine groups is 2. The fourth-order valence-corrected chi connectivity index (χ4v) is 5.02. The molecule has 18 heteroatoms. The van der Waals surface area contributed by atoms with Crippen LogP contribution in [0, 0.1) is 23.7 Å². The zero-order chi connectivity index (χ0) is 57.4. The highest BCUT2D eigenvalue weighted by atomic mass is 16.4. The number of nitrogens with two attached hydrogens (primary N) is 4. The van der Waals surface area contributed by atoms with Gasteiger partial charge in [-0.2, -0.15) is 15.4 Å². The third-order valence-corrected chi connectivity index (χ3v) is 9.54. The summed E-state index contributed by atoms with van der Waals surface area (Å²) in [7, 11) is 0. The van der Waals surface area contributed by atoms with Crippen molar-refractivity contribution in [1.29, 1.82) is 0 Å². The van der Waals surface area contributed by atoms with Gasteiger partial charge in [0.05, 0.1) is 17.8 Å². The van der Waals surface area contributed by atoms with E-state index in [9.17, 15) is 19.5 Å². The molecule has 3 atom stereocenters. The van der Waals surface area contributed by atoms with Crippen molar-refractivity contribution in [1.82, 2.24) is 31.5 Å². The van der Waals surface area contributed by atoms with Gasteiger partial charge >= 0.3 is 17.9 Å². The molecule has 73 heavy (non-hydrogen) atoms. The van der Waals surface area contributed by atoms with Gasteiger partial charge in [-0.25, -0.2) is 11.7 Å². The molecular weight excluding hydrogens is 925 g/mol. The number of carboxylic acids is 3. The molecule has 0 aliphatic carbocycles. The molecule has 18 nitrogen and oxygen atoms in total. The summed E-state index contributed by atoms with van der Waals surface area (Å²) in [6, 6.07) is 0. The van der Waals surface area contributed by atoms with E-state index >= 15 is 0 Å². The largest absolute Gasteiger partial charge is 0.481 e. The van der Waals surface area contributed by atoms with Gasteiger partial charge in [-0.3, -0.25) is 14.4 Å². The number of hydrazone groups is 2. The van der Waals surface area contributed by atoms with Crippen LogP contribution in [0.25, 0.3) is 0 Å². The van der Waals surface area contributed by atoms with Crippen LogP contribution in [0.15, 0.2) is 143 Å². The average molecular weight is 1020 g/mol. The van der Waals surface area contributed by atoms with E-state index in [4.69, 9.17) is 33.6 Å². The average Bonchev–Trinajstić information content (AvgIpc) is 3.91. The Morgan fingerprint density at radius 3 is 1.47 bits per heavy atom. The van der Waals surface area contributed by atoms with Crippen molar-refractivity contribution in [3.05, 3.63) is 139 Å². The number of carboxylic acid groups (broad SMARTS) is 3. The first kappa shape index (κ1) is 77.5. The standard InChI is InChI=1S/C12H16N4O2.C10H22N4O2.C8H14.2C8H12.C7H16N4O2.C2H6/c1-3-5-6-9(4-2)7-10(12(17)18)8-11-13-15-16-14-11;1-7(2)4-3-5-8(10(15)16)6-9(13-11)14-12;3*1-4-6-7-8(3)5-2;1-2-3-5(7(12)13)4-6(10-8)11-9;1-2/h3-6,10H,1,7-8H2,2H3,(H,17,18)(H,13,14,15,16);7-8H,3-6,11-12H2,1-2H3,(H,13,14)(H,15,16);4,6-7H,5H2,1-3H3;2*4-7H,2H2,1,3H3;5H,2-4,8-9H2,1H3,(H,10,11)(H,12,13);1-2H3/b6-5-,9-4+;;3*6-4-,8-7-;;/t;8-;;;;;/m.1...../s1. The Labute approximate surface area is 439 Å². The highest BCUT2D eigenvalue weighted by molar-refractivity contribution is 5.86. The van der Waals surface area contributed by atoms with Crippen molar-refractivity contribution in [2.24, 2.45) is 57.2 Å². The molecule has 0 bridgehead atoms. The number of nitrogens with zero attached hydrogens (tertiary/aromatic N) is 5. The number of aromatic nitrogens is 4. The lowest BCUT2D eigenvalue weighted by molar-refractivity contribution is -0.142. The number of aromatic amines is 1. The van der Waals surface area contributed by atoms with Gasteiger partial charge in [0.15, 0.2) is 5.82 Å². The minimum Gasteiger partial charge on any atom is -0.481 e. The molecule has 0 aliphatic rings. The Bertz CT molecular complexity index is 1860. The van der Waals surface area contributed by atoms with E-state index in [1.807, 2.05) is 129 Å². The lowest BCUT2D eigenvalue weighted by Crippen LogP contribution is -2.34.